The maximum Gasteiger partial charge on any atom is 0.271 e. The number of anilines is 2. The Labute approximate surface area is 133 Å². The minimum atomic E-state index is -0.508. The van der Waals surface area contributed by atoms with Crippen molar-refractivity contribution in [3.63, 3.8) is 0 Å². The van der Waals surface area contributed by atoms with Gasteiger partial charge in [-0.25, -0.2) is 0 Å². The number of nitro groups is 1. The minimum Gasteiger partial charge on any atom is -0.492 e. The number of ether oxygens (including phenoxy) is 1. The van der Waals surface area contributed by atoms with Gasteiger partial charge in [-0.05, 0) is 25.1 Å². The third-order valence-corrected chi connectivity index (χ3v) is 2.97. The summed E-state index contributed by atoms with van der Waals surface area (Å²) in [4.78, 5) is 22.2. The second-order valence-corrected chi connectivity index (χ2v) is 4.64. The van der Waals surface area contributed by atoms with Gasteiger partial charge in [-0.15, -0.1) is 0 Å². The van der Waals surface area contributed by atoms with Gasteiger partial charge in [0.2, 0.25) is 5.91 Å². The van der Waals surface area contributed by atoms with Crippen LogP contribution in [0.3, 0.4) is 0 Å². The molecule has 0 radical (unpaired) electrons. The highest BCUT2D eigenvalue weighted by Crippen LogP contribution is 2.23. The molecule has 0 atom stereocenters. The number of non-ortho nitro benzene ring substituents is 1. The summed E-state index contributed by atoms with van der Waals surface area (Å²) in [6.45, 7) is 2.43. The van der Waals surface area contributed by atoms with Gasteiger partial charge in [0.25, 0.3) is 5.69 Å². The Kier molecular flexibility index (Phi) is 5.51. The van der Waals surface area contributed by atoms with E-state index in [1.54, 1.807) is 6.07 Å². The van der Waals surface area contributed by atoms with Gasteiger partial charge in [-0.1, -0.05) is 18.2 Å². The fraction of sp³-hybridized carbons (Fsp3) is 0.188. The highest BCUT2D eigenvalue weighted by atomic mass is 16.6. The molecule has 2 aromatic carbocycles. The Hall–Kier alpha value is -3.09. The van der Waals surface area contributed by atoms with Gasteiger partial charge in [0.1, 0.15) is 5.75 Å². The van der Waals surface area contributed by atoms with Crippen LogP contribution in [0.25, 0.3) is 0 Å². The summed E-state index contributed by atoms with van der Waals surface area (Å²) in [5.74, 6) is 0.356. The first-order chi connectivity index (χ1) is 11.1. The molecular formula is C16H17N3O4. The molecule has 2 aromatic rings. The molecule has 0 saturated heterocycles. The summed E-state index contributed by atoms with van der Waals surface area (Å²) in [5, 5.41) is 16.3. The first-order valence-electron chi connectivity index (χ1n) is 7.10. The average molecular weight is 315 g/mol. The smallest absolute Gasteiger partial charge is 0.271 e. The van der Waals surface area contributed by atoms with Gasteiger partial charge in [0.15, 0.2) is 0 Å². The minimum absolute atomic E-state index is 0.0206. The van der Waals surface area contributed by atoms with Crippen LogP contribution >= 0.6 is 0 Å². The molecule has 0 saturated carbocycles. The van der Waals surface area contributed by atoms with E-state index < -0.39 is 4.92 Å². The van der Waals surface area contributed by atoms with Crippen molar-refractivity contribution in [2.24, 2.45) is 0 Å². The van der Waals surface area contributed by atoms with Crippen molar-refractivity contribution >= 4 is 23.0 Å². The molecule has 2 rings (SSSR count). The number of rotatable bonds is 7. The van der Waals surface area contributed by atoms with Crippen LogP contribution in [0.1, 0.15) is 6.92 Å². The molecule has 0 heterocycles. The molecule has 0 unspecified atom stereocenters. The number of amides is 1. The summed E-state index contributed by atoms with van der Waals surface area (Å²) < 4.78 is 5.46. The summed E-state index contributed by atoms with van der Waals surface area (Å²) in [7, 11) is 0. The van der Waals surface area contributed by atoms with Crippen molar-refractivity contribution in [2.45, 2.75) is 6.92 Å². The van der Waals surface area contributed by atoms with Gasteiger partial charge >= 0.3 is 0 Å². The van der Waals surface area contributed by atoms with Gasteiger partial charge in [-0.3, -0.25) is 14.9 Å². The number of nitrogens with zero attached hydrogens (tertiary/aromatic N) is 1. The molecule has 0 aliphatic heterocycles. The monoisotopic (exact) mass is 315 g/mol. The molecule has 1 amide bonds. The molecule has 0 aliphatic rings. The number of nitro benzene ring substituents is 1. The number of carbonyl (C=O) groups is 1. The van der Waals surface area contributed by atoms with E-state index in [4.69, 9.17) is 4.74 Å². The van der Waals surface area contributed by atoms with Crippen LogP contribution in [0.15, 0.2) is 48.5 Å². The molecule has 0 bridgehead atoms. The maximum absolute atomic E-state index is 12.0. The molecular weight excluding hydrogens is 298 g/mol. The molecule has 7 nitrogen and oxygen atoms in total. The van der Waals surface area contributed by atoms with E-state index in [0.717, 1.165) is 0 Å². The lowest BCUT2D eigenvalue weighted by Crippen LogP contribution is -2.22. The summed E-state index contributed by atoms with van der Waals surface area (Å²) in [6, 6.07) is 13.1. The SMILES string of the molecule is CCOc1ccccc1NCC(=O)Nc1cccc([N+](=O)[O-])c1. The second-order valence-electron chi connectivity index (χ2n) is 4.64. The molecule has 0 fully saturated rings. The molecule has 120 valence electrons. The standard InChI is InChI=1S/C16H17N3O4/c1-2-23-15-9-4-3-8-14(15)17-11-16(20)18-12-6-5-7-13(10-12)19(21)22/h3-10,17H,2,11H2,1H3,(H,18,20). The van der Waals surface area contributed by atoms with Crippen LogP contribution in [0.2, 0.25) is 0 Å². The number of nitrogens with one attached hydrogen (secondary N) is 2. The zero-order valence-corrected chi connectivity index (χ0v) is 12.6. The Bertz CT molecular complexity index is 703. The van der Waals surface area contributed by atoms with Crippen molar-refractivity contribution < 1.29 is 14.5 Å². The number of carbonyl (C=O) groups excluding carboxylic acids is 1. The molecule has 0 spiro atoms. The van der Waals surface area contributed by atoms with E-state index in [2.05, 4.69) is 10.6 Å². The van der Waals surface area contributed by atoms with Crippen LogP contribution < -0.4 is 15.4 Å². The van der Waals surface area contributed by atoms with Crippen LogP contribution in [-0.2, 0) is 4.79 Å². The fourth-order valence-electron chi connectivity index (χ4n) is 1.97. The second kappa shape index (κ2) is 7.79. The predicted octanol–water partition coefficient (Wildman–Crippen LogP) is 3.04. The molecule has 2 N–H and O–H groups in total. The molecule has 0 aliphatic carbocycles. The highest BCUT2D eigenvalue weighted by molar-refractivity contribution is 5.94. The number of benzene rings is 2. The Morgan fingerprint density at radius 2 is 2.00 bits per heavy atom. The van der Waals surface area contributed by atoms with E-state index in [9.17, 15) is 14.9 Å². The largest absolute Gasteiger partial charge is 0.492 e. The Balaban J connectivity index is 1.95. The van der Waals surface area contributed by atoms with E-state index in [0.29, 0.717) is 23.7 Å². The van der Waals surface area contributed by atoms with Gasteiger partial charge in [0.05, 0.1) is 23.8 Å². The first-order valence-corrected chi connectivity index (χ1v) is 7.10. The van der Waals surface area contributed by atoms with E-state index in [1.165, 1.54) is 18.2 Å². The molecule has 23 heavy (non-hydrogen) atoms. The van der Waals surface area contributed by atoms with Crippen molar-refractivity contribution in [1.82, 2.24) is 0 Å². The Morgan fingerprint density at radius 1 is 1.22 bits per heavy atom. The quantitative estimate of drug-likeness (QED) is 0.605. The zero-order valence-electron chi connectivity index (χ0n) is 12.6. The fourth-order valence-corrected chi connectivity index (χ4v) is 1.97. The van der Waals surface area contributed by atoms with Crippen LogP contribution in [0.4, 0.5) is 17.1 Å². The van der Waals surface area contributed by atoms with E-state index >= 15 is 0 Å². The lowest BCUT2D eigenvalue weighted by atomic mass is 10.2. The van der Waals surface area contributed by atoms with Crippen molar-refractivity contribution in [3.8, 4) is 5.75 Å². The molecule has 7 heteroatoms. The summed E-state index contributed by atoms with van der Waals surface area (Å²) in [6.07, 6.45) is 0. The summed E-state index contributed by atoms with van der Waals surface area (Å²) in [5.41, 5.74) is 1.02. The van der Waals surface area contributed by atoms with Crippen LogP contribution in [0, 0.1) is 10.1 Å². The molecule has 0 aromatic heterocycles. The van der Waals surface area contributed by atoms with E-state index in [1.807, 2.05) is 31.2 Å². The third-order valence-electron chi connectivity index (χ3n) is 2.97. The first kappa shape index (κ1) is 16.3. The number of hydrogen-bond donors (Lipinski definition) is 2. The maximum atomic E-state index is 12.0. The Morgan fingerprint density at radius 3 is 2.74 bits per heavy atom. The van der Waals surface area contributed by atoms with Gasteiger partial charge < -0.3 is 15.4 Å². The average Bonchev–Trinajstić information content (AvgIpc) is 2.54. The predicted molar refractivity (Wildman–Crippen MR) is 87.8 cm³/mol. The lowest BCUT2D eigenvalue weighted by Gasteiger charge is -2.12. The topological polar surface area (TPSA) is 93.5 Å². The zero-order chi connectivity index (χ0) is 16.7. The highest BCUT2D eigenvalue weighted by Gasteiger charge is 2.09. The van der Waals surface area contributed by atoms with Gasteiger partial charge in [-0.2, -0.15) is 0 Å². The van der Waals surface area contributed by atoms with Crippen molar-refractivity contribution in [1.29, 1.82) is 0 Å². The lowest BCUT2D eigenvalue weighted by molar-refractivity contribution is -0.384. The number of para-hydroxylation sites is 2. The van der Waals surface area contributed by atoms with Crippen molar-refractivity contribution in [3.05, 3.63) is 58.6 Å². The summed E-state index contributed by atoms with van der Waals surface area (Å²) >= 11 is 0. The van der Waals surface area contributed by atoms with Crippen molar-refractivity contribution in [2.75, 3.05) is 23.8 Å². The van der Waals surface area contributed by atoms with Gasteiger partial charge in [0, 0.05) is 17.8 Å². The number of hydrogen-bond acceptors (Lipinski definition) is 5. The third kappa shape index (κ3) is 4.70. The van der Waals surface area contributed by atoms with Crippen LogP contribution in [-0.4, -0.2) is 24.0 Å². The van der Waals surface area contributed by atoms with Crippen LogP contribution in [0.5, 0.6) is 5.75 Å². The van der Waals surface area contributed by atoms with E-state index in [-0.39, 0.29) is 18.1 Å². The normalized spacial score (nSPS) is 9.96.